The van der Waals surface area contributed by atoms with Gasteiger partial charge in [0.25, 0.3) is 0 Å². The van der Waals surface area contributed by atoms with E-state index >= 15 is 0 Å². The van der Waals surface area contributed by atoms with Crippen molar-refractivity contribution in [2.75, 3.05) is 0 Å². The van der Waals surface area contributed by atoms with Gasteiger partial charge in [-0.2, -0.15) is 0 Å². The molecule has 33 rings (SSSR count). The van der Waals surface area contributed by atoms with E-state index in [0.29, 0.717) is 16.7 Å². The molecular formula is C61H3Br. The molecule has 1 fully saturated rings. The Kier molecular flexibility index (Phi) is 1.63. The van der Waals surface area contributed by atoms with Crippen molar-refractivity contribution in [3.05, 3.63) is 33.4 Å². The quantitative estimate of drug-likeness (QED) is 0.106. The van der Waals surface area contributed by atoms with Crippen LogP contribution in [0.2, 0.25) is 0 Å². The van der Waals surface area contributed by atoms with Crippen LogP contribution in [0.15, 0.2) is 0 Å². The summed E-state index contributed by atoms with van der Waals surface area (Å²) in [5.74, 6) is 0.852. The van der Waals surface area contributed by atoms with Gasteiger partial charge in [0.2, 0.25) is 0 Å². The Hall–Kier alpha value is -6.80. The Morgan fingerprint density at radius 2 is 0.339 bits per heavy atom. The average Bonchev–Trinajstić information content (AvgIpc) is 4.11. The molecule has 254 valence electrons. The van der Waals surface area contributed by atoms with Gasteiger partial charge in [0.15, 0.2) is 0 Å². The largest absolute Gasteiger partial charge is 0.0870 e. The maximum absolute atomic E-state index is 4.93. The Morgan fingerprint density at radius 1 is 0.177 bits per heavy atom. The van der Waals surface area contributed by atoms with E-state index in [2.05, 4.69) is 0 Å². The molecule has 0 N–H and O–H groups in total. The van der Waals surface area contributed by atoms with Crippen molar-refractivity contribution >= 4 is 285 Å². The SMILES string of the molecule is BrC1C23c4c5c6c7c8c9c%10c%11c(c%12c%13c%14c(c%15c4c4c%16c5c5c7c7c8c8c%10c%10c%17c%11c%13c%11c%13c%14c%14c%15c4c4c%15c%16c5c5c7c7c8c%10c8c(c%11%17)c%10c%13c%14c4c4c%15c5c7c8c%104)C%122)C9C613. The fraction of sp³-hybridized carbons (Fsp3) is 0.0820. The highest BCUT2D eigenvalue weighted by Gasteiger charge is 2.90. The number of benzene rings is 17. The highest BCUT2D eigenvalue weighted by molar-refractivity contribution is 9.09. The number of rotatable bonds is 0. The summed E-state index contributed by atoms with van der Waals surface area (Å²) in [5, 5.41) is 85.3. The second-order valence-electron chi connectivity index (χ2n) is 24.1. The molecule has 0 aliphatic heterocycles. The van der Waals surface area contributed by atoms with Gasteiger partial charge >= 0.3 is 0 Å². The summed E-state index contributed by atoms with van der Waals surface area (Å²) < 4.78 is 0. The molecule has 0 saturated heterocycles. The predicted octanol–water partition coefficient (Wildman–Crippen LogP) is 16.6. The van der Waals surface area contributed by atoms with Crippen molar-refractivity contribution in [1.29, 1.82) is 0 Å². The Bertz CT molecular complexity index is 6550. The van der Waals surface area contributed by atoms with E-state index in [0.717, 1.165) is 0 Å². The van der Waals surface area contributed by atoms with Gasteiger partial charge in [-0.25, -0.2) is 0 Å². The minimum atomic E-state index is 0.0493. The van der Waals surface area contributed by atoms with E-state index in [1.165, 1.54) is 0 Å². The van der Waals surface area contributed by atoms with Crippen molar-refractivity contribution in [2.45, 2.75) is 27.5 Å². The lowest BCUT2D eigenvalue weighted by Gasteiger charge is -2.42. The third-order valence-corrected chi connectivity index (χ3v) is 26.1. The first-order chi connectivity index (χ1) is 30.9. The summed E-state index contributed by atoms with van der Waals surface area (Å²) in [6.45, 7) is 0. The standard InChI is InChI=1S/C61H3Br/c62-59-60-55-48-41-29-21-12-3-1-2-4-7(3)16-23(21)31-32-24(16)22-13(4)15-11-6(2)9-8-5(1)10-14(12)27(29)35-33-19(10)17(8)25-26-18(9)20(11)34-36-28(15)30(22)42-44(32)53(52(55)43(31)41)56-49(42)47(36)51-40(34)38(26)45-37(25)39(33)50(46(35)48)57(60)54(45)58(51)61(56,59)60/h55-56,59H. The van der Waals surface area contributed by atoms with Crippen LogP contribution in [0.4, 0.5) is 0 Å². The van der Waals surface area contributed by atoms with E-state index < -0.39 is 0 Å². The average molecular weight is 816 g/mol. The molecule has 0 aromatic heterocycles. The fourth-order valence-corrected chi connectivity index (χ4v) is 26.6. The molecule has 4 atom stereocenters. The van der Waals surface area contributed by atoms with Crippen molar-refractivity contribution in [3.8, 4) is 0 Å². The van der Waals surface area contributed by atoms with E-state index in [1.54, 1.807) is 269 Å². The number of hydrogen-bond acceptors (Lipinski definition) is 0. The van der Waals surface area contributed by atoms with Gasteiger partial charge in [-0.3, -0.25) is 0 Å². The monoisotopic (exact) mass is 814 g/mol. The third kappa shape index (κ3) is 1.02. The van der Waals surface area contributed by atoms with Crippen LogP contribution in [0, 0.1) is 0 Å². The van der Waals surface area contributed by atoms with Crippen molar-refractivity contribution in [3.63, 3.8) is 0 Å². The molecule has 0 amide bonds. The minimum Gasteiger partial charge on any atom is -0.0870 e. The molecule has 0 nitrogen and oxygen atoms in total. The van der Waals surface area contributed by atoms with Gasteiger partial charge in [-0.15, -0.1) is 0 Å². The fourth-order valence-electron chi connectivity index (χ4n) is 25.0. The zero-order valence-corrected chi connectivity index (χ0v) is 32.7. The topological polar surface area (TPSA) is 0 Å². The van der Waals surface area contributed by atoms with Crippen molar-refractivity contribution in [1.82, 2.24) is 0 Å². The van der Waals surface area contributed by atoms with Crippen LogP contribution in [-0.4, -0.2) is 4.83 Å². The highest BCUT2D eigenvalue weighted by Crippen LogP contribution is 2.95. The van der Waals surface area contributed by atoms with E-state index in [4.69, 9.17) is 15.9 Å². The summed E-state index contributed by atoms with van der Waals surface area (Å²) in [5.41, 5.74) is 11.1. The van der Waals surface area contributed by atoms with Crippen LogP contribution in [0.5, 0.6) is 0 Å². The van der Waals surface area contributed by atoms with Crippen LogP contribution in [0.1, 0.15) is 45.2 Å². The summed E-state index contributed by atoms with van der Waals surface area (Å²) in [6, 6.07) is 0. The molecule has 1 heteroatoms. The molecule has 7 aliphatic carbocycles. The minimum absolute atomic E-state index is 0.0493. The van der Waals surface area contributed by atoms with Gasteiger partial charge in [0, 0.05) is 27.5 Å². The molecule has 62 heavy (non-hydrogen) atoms. The van der Waals surface area contributed by atoms with E-state index in [-0.39, 0.29) is 10.8 Å². The first kappa shape index (κ1) is 21.8. The molecule has 1 saturated carbocycles. The van der Waals surface area contributed by atoms with Gasteiger partial charge < -0.3 is 0 Å². The second-order valence-corrected chi connectivity index (χ2v) is 25.0. The first-order valence-electron chi connectivity index (χ1n) is 23.5. The molecule has 0 bridgehead atoms. The van der Waals surface area contributed by atoms with Crippen LogP contribution in [0.3, 0.4) is 0 Å². The van der Waals surface area contributed by atoms with Crippen LogP contribution in [0.25, 0.3) is 269 Å². The van der Waals surface area contributed by atoms with Crippen LogP contribution >= 0.6 is 15.9 Å². The molecule has 2 spiro atoms. The molecule has 26 aromatic rings. The Labute approximate surface area is 344 Å². The summed E-state index contributed by atoms with van der Waals surface area (Å²) in [6.07, 6.45) is 0. The number of alkyl halides is 1. The molecule has 0 radical (unpaired) electrons. The van der Waals surface area contributed by atoms with Crippen LogP contribution < -0.4 is 0 Å². The Balaban J connectivity index is 1.29. The normalized spacial score (nSPS) is 27.7. The smallest absolute Gasteiger partial charge is 0.0377 e. The molecule has 0 heterocycles. The maximum atomic E-state index is 4.93. The highest BCUT2D eigenvalue weighted by atomic mass is 79.9. The zero-order chi connectivity index (χ0) is 36.1. The van der Waals surface area contributed by atoms with Crippen molar-refractivity contribution in [2.24, 2.45) is 0 Å². The third-order valence-electron chi connectivity index (χ3n) is 24.7. The molecule has 4 unspecified atom stereocenters. The van der Waals surface area contributed by atoms with Gasteiger partial charge in [-0.05, 0) is 303 Å². The molecular weight excluding hydrogens is 813 g/mol. The Morgan fingerprint density at radius 3 is 0.581 bits per heavy atom. The lowest BCUT2D eigenvalue weighted by Crippen LogP contribution is -2.37. The predicted molar refractivity (Wildman–Crippen MR) is 263 cm³/mol. The van der Waals surface area contributed by atoms with Gasteiger partial charge in [0.1, 0.15) is 0 Å². The summed E-state index contributed by atoms with van der Waals surface area (Å²) >= 11 is 4.93. The summed E-state index contributed by atoms with van der Waals surface area (Å²) in [4.78, 5) is 0.438. The molecule has 7 aliphatic rings. The van der Waals surface area contributed by atoms with Gasteiger partial charge in [0.05, 0.1) is 0 Å². The lowest BCUT2D eigenvalue weighted by atomic mass is 9.58. The maximum Gasteiger partial charge on any atom is 0.0377 e. The van der Waals surface area contributed by atoms with E-state index in [1.807, 2.05) is 33.4 Å². The van der Waals surface area contributed by atoms with E-state index in [9.17, 15) is 0 Å². The number of halogens is 1. The first-order valence-corrected chi connectivity index (χ1v) is 24.4. The zero-order valence-electron chi connectivity index (χ0n) is 31.1. The van der Waals surface area contributed by atoms with Gasteiger partial charge in [-0.1, -0.05) is 15.9 Å². The van der Waals surface area contributed by atoms with Crippen molar-refractivity contribution < 1.29 is 0 Å². The summed E-state index contributed by atoms with van der Waals surface area (Å²) in [7, 11) is 0. The number of hydrogen-bond donors (Lipinski definition) is 0. The lowest BCUT2D eigenvalue weighted by molar-refractivity contribution is 0.447. The molecule has 26 aromatic carbocycles. The second kappa shape index (κ2) is 4.62. The van der Waals surface area contributed by atoms with Crippen LogP contribution in [-0.2, 0) is 10.8 Å².